The van der Waals surface area contributed by atoms with Gasteiger partial charge in [-0.2, -0.15) is 0 Å². The van der Waals surface area contributed by atoms with Crippen LogP contribution in [-0.2, 0) is 23.3 Å². The standard InChI is InChI=1S/C55H50BN4/c1-53(2,3)33-19-22-35(23-20-33)57-45-26-21-34(54(4,5)6)27-40(45)37-24-25-38-41-28-43-39(36-17-13-14-18-42(36)55(43,7)8)29-47(41)60-48-31-49-46(30-44(48)56-50(37)51(38)60)58-52(59(49)9)32-15-11-10-12-16-32/h10-31,57H,1-9H3. The van der Waals surface area contributed by atoms with E-state index in [1.807, 2.05) is 0 Å². The molecule has 11 rings (SSSR count). The van der Waals surface area contributed by atoms with Crippen LogP contribution in [0.4, 0.5) is 11.4 Å². The van der Waals surface area contributed by atoms with E-state index in [2.05, 4.69) is 218 Å². The molecule has 0 saturated carbocycles. The predicted octanol–water partition coefficient (Wildman–Crippen LogP) is 12.6. The van der Waals surface area contributed by atoms with Gasteiger partial charge in [0.25, 0.3) is 0 Å². The van der Waals surface area contributed by atoms with E-state index in [4.69, 9.17) is 4.98 Å². The average molecular weight is 778 g/mol. The SMILES string of the molecule is Cn1c(-c2ccccc2)nc2cc3c(cc21)-n1c2cc4c(cc2c2ccc(-c5cc(C(C)(C)C)ccc5Nc5ccc(C(C)(C)C)cc5)c(c21)[B]3)C(C)(C)c1ccccc1-4. The van der Waals surface area contributed by atoms with E-state index in [0.29, 0.717) is 0 Å². The number of fused-ring (bicyclic) bond motifs is 9. The van der Waals surface area contributed by atoms with Crippen molar-refractivity contribution >= 4 is 62.4 Å². The van der Waals surface area contributed by atoms with E-state index in [0.717, 1.165) is 33.8 Å². The highest BCUT2D eigenvalue weighted by Gasteiger charge is 2.37. The molecular weight excluding hydrogens is 727 g/mol. The molecule has 1 radical (unpaired) electrons. The maximum Gasteiger partial charge on any atom is 0.198 e. The number of hydrogen-bond donors (Lipinski definition) is 1. The average Bonchev–Trinajstić information content (AvgIpc) is 3.81. The second-order valence-corrected chi connectivity index (χ2v) is 19.7. The van der Waals surface area contributed by atoms with Crippen molar-refractivity contribution in [3.05, 3.63) is 156 Å². The van der Waals surface area contributed by atoms with Crippen molar-refractivity contribution < 1.29 is 0 Å². The molecule has 4 nitrogen and oxygen atoms in total. The van der Waals surface area contributed by atoms with E-state index < -0.39 is 0 Å². The van der Waals surface area contributed by atoms with Crippen LogP contribution in [0.3, 0.4) is 0 Å². The van der Waals surface area contributed by atoms with Gasteiger partial charge in [0.2, 0.25) is 0 Å². The summed E-state index contributed by atoms with van der Waals surface area (Å²) in [7, 11) is 4.58. The lowest BCUT2D eigenvalue weighted by Crippen LogP contribution is -2.37. The Kier molecular flexibility index (Phi) is 7.71. The van der Waals surface area contributed by atoms with E-state index >= 15 is 0 Å². The Morgan fingerprint density at radius 1 is 0.600 bits per heavy atom. The van der Waals surface area contributed by atoms with Crippen molar-refractivity contribution in [2.45, 2.75) is 71.6 Å². The molecule has 0 amide bonds. The summed E-state index contributed by atoms with van der Waals surface area (Å²) >= 11 is 0. The van der Waals surface area contributed by atoms with Crippen molar-refractivity contribution in [3.8, 4) is 39.3 Å². The number of rotatable bonds is 4. The molecule has 3 heterocycles. The van der Waals surface area contributed by atoms with E-state index in [9.17, 15) is 0 Å². The highest BCUT2D eigenvalue weighted by molar-refractivity contribution is 6.73. The van der Waals surface area contributed by atoms with E-state index in [1.54, 1.807) is 0 Å². The first-order valence-corrected chi connectivity index (χ1v) is 21.4. The molecule has 2 aliphatic rings. The summed E-state index contributed by atoms with van der Waals surface area (Å²) in [4.78, 5) is 5.26. The predicted molar refractivity (Wildman–Crippen MR) is 256 cm³/mol. The zero-order valence-corrected chi connectivity index (χ0v) is 36.1. The van der Waals surface area contributed by atoms with Crippen LogP contribution in [0.25, 0.3) is 72.2 Å². The normalized spacial score (nSPS) is 14.0. The Morgan fingerprint density at radius 2 is 1.32 bits per heavy atom. The van der Waals surface area contributed by atoms with Crippen LogP contribution in [0, 0.1) is 0 Å². The van der Waals surface area contributed by atoms with Crippen molar-refractivity contribution in [1.82, 2.24) is 14.1 Å². The summed E-state index contributed by atoms with van der Waals surface area (Å²) in [6.45, 7) is 18.5. The first-order valence-electron chi connectivity index (χ1n) is 21.4. The Balaban J connectivity index is 1.19. The summed E-state index contributed by atoms with van der Waals surface area (Å²) in [6, 6.07) is 49.9. The van der Waals surface area contributed by atoms with Crippen LogP contribution in [0.5, 0.6) is 0 Å². The molecule has 293 valence electrons. The van der Waals surface area contributed by atoms with Gasteiger partial charge in [-0.15, -0.1) is 0 Å². The second-order valence-electron chi connectivity index (χ2n) is 19.7. The van der Waals surface area contributed by atoms with Gasteiger partial charge in [0.05, 0.1) is 16.6 Å². The monoisotopic (exact) mass is 777 g/mol. The fourth-order valence-corrected chi connectivity index (χ4v) is 10.1. The first kappa shape index (κ1) is 36.7. The van der Waals surface area contributed by atoms with E-state index in [-0.39, 0.29) is 16.2 Å². The summed E-state index contributed by atoms with van der Waals surface area (Å²) < 4.78 is 4.81. The van der Waals surface area contributed by atoms with Crippen LogP contribution in [0.2, 0.25) is 0 Å². The van der Waals surface area contributed by atoms with Crippen molar-refractivity contribution in [3.63, 3.8) is 0 Å². The quantitative estimate of drug-likeness (QED) is 0.181. The maximum absolute atomic E-state index is 5.26. The van der Waals surface area contributed by atoms with Crippen molar-refractivity contribution in [2.75, 3.05) is 5.32 Å². The third-order valence-electron chi connectivity index (χ3n) is 13.5. The minimum Gasteiger partial charge on any atom is -0.355 e. The number of nitrogens with zero attached hydrogens (tertiary/aromatic N) is 3. The smallest absolute Gasteiger partial charge is 0.198 e. The summed E-state index contributed by atoms with van der Waals surface area (Å²) in [5.74, 6) is 0.968. The lowest BCUT2D eigenvalue weighted by atomic mass is 9.59. The molecule has 1 aliphatic heterocycles. The molecule has 0 unspecified atom stereocenters. The largest absolute Gasteiger partial charge is 0.355 e. The molecule has 0 spiro atoms. The number of anilines is 2. The Hall–Kier alpha value is -6.33. The third-order valence-corrected chi connectivity index (χ3v) is 13.5. The van der Waals surface area contributed by atoms with Gasteiger partial charge in [0.15, 0.2) is 7.28 Å². The lowest BCUT2D eigenvalue weighted by molar-refractivity contribution is 0.590. The number of hydrogen-bond acceptors (Lipinski definition) is 2. The van der Waals surface area contributed by atoms with Crippen LogP contribution >= 0.6 is 0 Å². The Labute approximate surface area is 354 Å². The van der Waals surface area contributed by atoms with E-state index in [1.165, 1.54) is 82.9 Å². The third kappa shape index (κ3) is 5.41. The van der Waals surface area contributed by atoms with Crippen molar-refractivity contribution in [1.29, 1.82) is 0 Å². The summed E-state index contributed by atoms with van der Waals surface area (Å²) in [5.41, 5.74) is 21.9. The number of nitrogens with one attached hydrogen (secondary N) is 1. The Morgan fingerprint density at radius 3 is 2.07 bits per heavy atom. The summed E-state index contributed by atoms with van der Waals surface area (Å²) in [6.07, 6.45) is 0. The highest BCUT2D eigenvalue weighted by atomic mass is 15.1. The van der Waals surface area contributed by atoms with Gasteiger partial charge in [0, 0.05) is 56.9 Å². The van der Waals surface area contributed by atoms with Gasteiger partial charge in [-0.1, -0.05) is 146 Å². The molecule has 0 saturated heterocycles. The first-order chi connectivity index (χ1) is 28.7. The molecule has 2 aromatic heterocycles. The van der Waals surface area contributed by atoms with Gasteiger partial charge in [0.1, 0.15) is 5.82 Å². The zero-order chi connectivity index (χ0) is 41.5. The number of imidazole rings is 1. The fourth-order valence-electron chi connectivity index (χ4n) is 10.1. The molecule has 60 heavy (non-hydrogen) atoms. The van der Waals surface area contributed by atoms with Crippen LogP contribution in [0.15, 0.2) is 133 Å². The van der Waals surface area contributed by atoms with Gasteiger partial charge >= 0.3 is 0 Å². The van der Waals surface area contributed by atoms with Crippen LogP contribution in [0.1, 0.15) is 77.6 Å². The topological polar surface area (TPSA) is 34.8 Å². The van der Waals surface area contributed by atoms with Crippen LogP contribution < -0.4 is 16.2 Å². The zero-order valence-electron chi connectivity index (χ0n) is 36.1. The molecule has 1 aliphatic carbocycles. The molecule has 0 atom stereocenters. The number of aromatic nitrogens is 3. The fraction of sp³-hybridized carbons (Fsp3) is 0.218. The van der Waals surface area contributed by atoms with Crippen LogP contribution in [-0.4, -0.2) is 21.4 Å². The molecule has 0 bridgehead atoms. The molecule has 1 N–H and O–H groups in total. The molecule has 5 heteroatoms. The van der Waals surface area contributed by atoms with Gasteiger partial charge in [-0.25, -0.2) is 4.98 Å². The van der Waals surface area contributed by atoms with Crippen molar-refractivity contribution in [2.24, 2.45) is 7.05 Å². The molecule has 0 fully saturated rings. The maximum atomic E-state index is 5.26. The highest BCUT2D eigenvalue weighted by Crippen LogP contribution is 2.51. The van der Waals surface area contributed by atoms with Gasteiger partial charge in [-0.05, 0) is 104 Å². The second kappa shape index (κ2) is 12.6. The molecular formula is C55H50BN4. The number of benzene rings is 7. The minimum absolute atomic E-state index is 0.0289. The lowest BCUT2D eigenvalue weighted by Gasteiger charge is -2.26. The minimum atomic E-state index is -0.102. The summed E-state index contributed by atoms with van der Waals surface area (Å²) in [5, 5.41) is 6.43. The molecule has 7 aromatic carbocycles. The Bertz CT molecular complexity index is 3240. The van der Waals surface area contributed by atoms with Gasteiger partial charge in [-0.3, -0.25) is 0 Å². The molecule has 9 aromatic rings. The van der Waals surface area contributed by atoms with Gasteiger partial charge < -0.3 is 14.5 Å². The number of aryl methyl sites for hydroxylation is 1.